The molecule has 1 saturated heterocycles. The smallest absolute Gasteiger partial charge is 0.291 e. The van der Waals surface area contributed by atoms with Gasteiger partial charge < -0.3 is 9.26 Å². The van der Waals surface area contributed by atoms with Gasteiger partial charge in [-0.3, -0.25) is 20.4 Å². The van der Waals surface area contributed by atoms with Crippen molar-refractivity contribution in [2.75, 3.05) is 6.61 Å². The van der Waals surface area contributed by atoms with Crippen molar-refractivity contribution >= 4 is 11.8 Å². The predicted molar refractivity (Wildman–Crippen MR) is 79.9 cm³/mol. The summed E-state index contributed by atoms with van der Waals surface area (Å²) in [6, 6.07) is 7.51. The maximum Gasteiger partial charge on any atom is 0.291 e. The molecule has 0 bridgehead atoms. The summed E-state index contributed by atoms with van der Waals surface area (Å²) in [4.78, 5) is 23.9. The van der Waals surface area contributed by atoms with Crippen LogP contribution in [0.2, 0.25) is 0 Å². The Balaban J connectivity index is 1.56. The lowest BCUT2D eigenvalue weighted by Crippen LogP contribution is -2.46. The van der Waals surface area contributed by atoms with Gasteiger partial charge in [-0.25, -0.2) is 4.39 Å². The van der Waals surface area contributed by atoms with Crippen molar-refractivity contribution < 1.29 is 23.2 Å². The molecule has 1 aliphatic rings. The van der Waals surface area contributed by atoms with Crippen molar-refractivity contribution in [2.24, 2.45) is 5.92 Å². The van der Waals surface area contributed by atoms with Crippen molar-refractivity contribution in [1.82, 2.24) is 16.0 Å². The normalized spacial score (nSPS) is 20.4. The topological polar surface area (TPSA) is 93.5 Å². The Bertz CT molecular complexity index is 720. The molecule has 1 aliphatic heterocycles. The number of nitrogens with zero attached hydrogens (tertiary/aromatic N) is 1. The van der Waals surface area contributed by atoms with E-state index in [1.165, 1.54) is 24.5 Å². The summed E-state index contributed by atoms with van der Waals surface area (Å²) < 4.78 is 23.5. The fourth-order valence-electron chi connectivity index (χ4n) is 2.59. The number of hydrazine groups is 1. The van der Waals surface area contributed by atoms with Crippen molar-refractivity contribution in [3.63, 3.8) is 0 Å². The average molecular weight is 333 g/mol. The molecular formula is C16H16FN3O4. The van der Waals surface area contributed by atoms with E-state index in [2.05, 4.69) is 20.5 Å². The fourth-order valence-corrected chi connectivity index (χ4v) is 2.59. The summed E-state index contributed by atoms with van der Waals surface area (Å²) in [5.74, 6) is -1.57. The molecule has 7 nitrogen and oxygen atoms in total. The molecule has 2 aromatic rings. The van der Waals surface area contributed by atoms with Crippen molar-refractivity contribution in [2.45, 2.75) is 18.9 Å². The van der Waals surface area contributed by atoms with Gasteiger partial charge in [-0.2, -0.15) is 0 Å². The second-order valence-corrected chi connectivity index (χ2v) is 5.46. The molecule has 126 valence electrons. The Hall–Kier alpha value is -2.74. The number of ether oxygens (including phenoxy) is 1. The zero-order chi connectivity index (χ0) is 16.9. The Morgan fingerprint density at radius 1 is 1.25 bits per heavy atom. The van der Waals surface area contributed by atoms with Crippen LogP contribution in [0, 0.1) is 11.7 Å². The van der Waals surface area contributed by atoms with Crippen LogP contribution < -0.4 is 10.9 Å². The number of aromatic nitrogens is 1. The summed E-state index contributed by atoms with van der Waals surface area (Å²) in [5.41, 5.74) is 5.42. The molecule has 8 heteroatoms. The van der Waals surface area contributed by atoms with Gasteiger partial charge in [0.1, 0.15) is 12.1 Å². The molecule has 1 aromatic carbocycles. The Labute approximate surface area is 137 Å². The lowest BCUT2D eigenvalue weighted by atomic mass is 9.91. The van der Waals surface area contributed by atoms with E-state index < -0.39 is 5.91 Å². The molecule has 0 unspecified atom stereocenters. The first-order valence-electron chi connectivity index (χ1n) is 7.51. The zero-order valence-corrected chi connectivity index (χ0v) is 12.7. The summed E-state index contributed by atoms with van der Waals surface area (Å²) in [7, 11) is 0. The summed E-state index contributed by atoms with van der Waals surface area (Å²) in [6.07, 6.45) is 1.85. The Morgan fingerprint density at radius 3 is 2.88 bits per heavy atom. The van der Waals surface area contributed by atoms with Crippen molar-refractivity contribution in [1.29, 1.82) is 0 Å². The number of halogens is 1. The monoisotopic (exact) mass is 333 g/mol. The third-order valence-electron chi connectivity index (χ3n) is 3.84. The van der Waals surface area contributed by atoms with E-state index in [9.17, 15) is 14.0 Å². The van der Waals surface area contributed by atoms with Crippen LogP contribution in [0.5, 0.6) is 0 Å². The highest BCUT2D eigenvalue weighted by Crippen LogP contribution is 2.31. The highest BCUT2D eigenvalue weighted by Gasteiger charge is 2.29. The van der Waals surface area contributed by atoms with Crippen LogP contribution in [-0.2, 0) is 9.53 Å². The molecule has 2 N–H and O–H groups in total. The number of amides is 2. The van der Waals surface area contributed by atoms with E-state index in [1.54, 1.807) is 12.1 Å². The van der Waals surface area contributed by atoms with Crippen LogP contribution in [0.25, 0.3) is 0 Å². The van der Waals surface area contributed by atoms with Gasteiger partial charge in [-0.1, -0.05) is 17.3 Å². The van der Waals surface area contributed by atoms with Gasteiger partial charge in [0.15, 0.2) is 5.69 Å². The van der Waals surface area contributed by atoms with E-state index in [-0.39, 0.29) is 29.4 Å². The maximum absolute atomic E-state index is 13.3. The van der Waals surface area contributed by atoms with Gasteiger partial charge in [0.25, 0.3) is 5.91 Å². The molecule has 3 rings (SSSR count). The Kier molecular flexibility index (Phi) is 4.85. The van der Waals surface area contributed by atoms with E-state index >= 15 is 0 Å². The largest absolute Gasteiger partial charge is 0.373 e. The SMILES string of the molecule is O=C(NNC(=O)[C@@H]1CCO[C@H](c2cccc(F)c2)C1)c1ccon1. The lowest BCUT2D eigenvalue weighted by molar-refractivity contribution is -0.131. The molecule has 2 heterocycles. The molecule has 2 amide bonds. The van der Waals surface area contributed by atoms with Gasteiger partial charge in [-0.05, 0) is 30.5 Å². The Morgan fingerprint density at radius 2 is 2.12 bits per heavy atom. The zero-order valence-electron chi connectivity index (χ0n) is 12.7. The van der Waals surface area contributed by atoms with Gasteiger partial charge in [0.05, 0.1) is 6.10 Å². The molecule has 1 aromatic heterocycles. The first-order chi connectivity index (χ1) is 11.6. The number of hydrogen-bond acceptors (Lipinski definition) is 5. The summed E-state index contributed by atoms with van der Waals surface area (Å²) in [6.45, 7) is 0.385. The third-order valence-corrected chi connectivity index (χ3v) is 3.84. The standard InChI is InChI=1S/C16H16FN3O4/c17-12-3-1-2-10(8-12)14-9-11(4-6-23-14)15(21)18-19-16(22)13-5-7-24-20-13/h1-3,5,7-8,11,14H,4,6,9H2,(H,18,21)(H,19,22)/t11-,14+/m1/s1. The number of hydrogen-bond donors (Lipinski definition) is 2. The van der Waals surface area contributed by atoms with Crippen LogP contribution >= 0.6 is 0 Å². The number of rotatable bonds is 3. The van der Waals surface area contributed by atoms with Gasteiger partial charge in [0.2, 0.25) is 5.91 Å². The molecular weight excluding hydrogens is 317 g/mol. The van der Waals surface area contributed by atoms with Crippen LogP contribution in [-0.4, -0.2) is 23.6 Å². The first-order valence-corrected chi connectivity index (χ1v) is 7.51. The second kappa shape index (κ2) is 7.22. The number of nitrogens with one attached hydrogen (secondary N) is 2. The quantitative estimate of drug-likeness (QED) is 0.835. The third kappa shape index (κ3) is 3.77. The van der Waals surface area contributed by atoms with E-state index in [1.807, 2.05) is 0 Å². The molecule has 0 saturated carbocycles. The summed E-state index contributed by atoms with van der Waals surface area (Å²) >= 11 is 0. The highest BCUT2D eigenvalue weighted by atomic mass is 19.1. The fraction of sp³-hybridized carbons (Fsp3) is 0.312. The van der Waals surface area contributed by atoms with Gasteiger partial charge >= 0.3 is 0 Å². The molecule has 0 radical (unpaired) electrons. The number of benzene rings is 1. The number of carbonyl (C=O) groups is 2. The predicted octanol–water partition coefficient (Wildman–Crippen LogP) is 1.74. The molecule has 2 atom stereocenters. The van der Waals surface area contributed by atoms with Crippen molar-refractivity contribution in [3.8, 4) is 0 Å². The van der Waals surface area contributed by atoms with E-state index in [0.29, 0.717) is 25.0 Å². The van der Waals surface area contributed by atoms with Gasteiger partial charge in [0, 0.05) is 18.6 Å². The van der Waals surface area contributed by atoms with Gasteiger partial charge in [-0.15, -0.1) is 0 Å². The average Bonchev–Trinajstić information content (AvgIpc) is 3.14. The minimum Gasteiger partial charge on any atom is -0.373 e. The maximum atomic E-state index is 13.3. The molecule has 0 spiro atoms. The van der Waals surface area contributed by atoms with Crippen LogP contribution in [0.15, 0.2) is 41.1 Å². The van der Waals surface area contributed by atoms with E-state index in [4.69, 9.17) is 4.74 Å². The molecule has 0 aliphatic carbocycles. The van der Waals surface area contributed by atoms with E-state index in [0.717, 1.165) is 0 Å². The van der Waals surface area contributed by atoms with Crippen molar-refractivity contribution in [3.05, 3.63) is 53.7 Å². The van der Waals surface area contributed by atoms with Crippen LogP contribution in [0.3, 0.4) is 0 Å². The molecule has 1 fully saturated rings. The van der Waals surface area contributed by atoms with Crippen LogP contribution in [0.1, 0.15) is 35.0 Å². The minimum atomic E-state index is -0.564. The molecule has 24 heavy (non-hydrogen) atoms. The highest BCUT2D eigenvalue weighted by molar-refractivity contribution is 5.93. The second-order valence-electron chi connectivity index (χ2n) is 5.46. The summed E-state index contributed by atoms with van der Waals surface area (Å²) in [5, 5.41) is 3.47. The number of carbonyl (C=O) groups excluding carboxylic acids is 2. The first kappa shape index (κ1) is 16.1. The minimum absolute atomic E-state index is 0.0694. The lowest BCUT2D eigenvalue weighted by Gasteiger charge is -2.29. The van der Waals surface area contributed by atoms with Crippen LogP contribution in [0.4, 0.5) is 4.39 Å².